The molecule has 1 aliphatic rings. The zero-order valence-electron chi connectivity index (χ0n) is 14.8. The Bertz CT molecular complexity index is 706. The van der Waals surface area contributed by atoms with Gasteiger partial charge in [0.15, 0.2) is 0 Å². The van der Waals surface area contributed by atoms with Crippen LogP contribution in [0.2, 0.25) is 0 Å². The number of carboxylic acid groups (broad SMARTS) is 1. The molecule has 0 unspecified atom stereocenters. The van der Waals surface area contributed by atoms with E-state index in [1.165, 1.54) is 4.31 Å². The summed E-state index contributed by atoms with van der Waals surface area (Å²) in [5.74, 6) is -1.28. The number of hydrogen-bond donors (Lipinski definition) is 2. The Morgan fingerprint density at radius 2 is 1.88 bits per heavy atom. The smallest absolute Gasteiger partial charge is 0.303 e. The van der Waals surface area contributed by atoms with Crippen molar-refractivity contribution in [2.75, 3.05) is 19.6 Å². The molecule has 0 aliphatic carbocycles. The van der Waals surface area contributed by atoms with E-state index in [4.69, 9.17) is 5.11 Å². The highest BCUT2D eigenvalue weighted by molar-refractivity contribution is 7.89. The van der Waals surface area contributed by atoms with Gasteiger partial charge in [-0.3, -0.25) is 9.59 Å². The average Bonchev–Trinajstić information content (AvgIpc) is 2.65. The van der Waals surface area contributed by atoms with Gasteiger partial charge in [-0.15, -0.1) is 0 Å². The molecule has 1 saturated heterocycles. The zero-order chi connectivity index (χ0) is 19.0. The summed E-state index contributed by atoms with van der Waals surface area (Å²) in [5.41, 5.74) is 0. The van der Waals surface area contributed by atoms with Crippen LogP contribution in [0.5, 0.6) is 0 Å². The van der Waals surface area contributed by atoms with E-state index in [0.29, 0.717) is 32.4 Å². The summed E-state index contributed by atoms with van der Waals surface area (Å²) >= 11 is 0. The van der Waals surface area contributed by atoms with Crippen LogP contribution >= 0.6 is 0 Å². The summed E-state index contributed by atoms with van der Waals surface area (Å²) in [4.78, 5) is 23.0. The minimum Gasteiger partial charge on any atom is -0.481 e. The molecule has 1 aromatic rings. The molecule has 2 N–H and O–H groups in total. The summed E-state index contributed by atoms with van der Waals surface area (Å²) in [6.45, 7) is 1.11. The summed E-state index contributed by atoms with van der Waals surface area (Å²) in [5, 5.41) is 11.4. The molecule has 2 rings (SSSR count). The van der Waals surface area contributed by atoms with Crippen LogP contribution < -0.4 is 5.32 Å². The number of nitrogens with one attached hydrogen (secondary N) is 1. The van der Waals surface area contributed by atoms with Crippen LogP contribution in [0.15, 0.2) is 35.2 Å². The molecule has 1 amide bonds. The third-order valence-electron chi connectivity index (χ3n) is 4.50. The third-order valence-corrected chi connectivity index (χ3v) is 6.38. The Hall–Kier alpha value is -1.93. The Labute approximate surface area is 154 Å². The number of carbonyl (C=O) groups is 2. The molecule has 1 heterocycles. The van der Waals surface area contributed by atoms with Crippen LogP contribution in [-0.4, -0.2) is 49.3 Å². The molecule has 1 atom stereocenters. The predicted molar refractivity (Wildman–Crippen MR) is 97.0 cm³/mol. The van der Waals surface area contributed by atoms with Crippen LogP contribution in [-0.2, 0) is 19.6 Å². The van der Waals surface area contributed by atoms with Gasteiger partial charge in [0, 0.05) is 26.1 Å². The van der Waals surface area contributed by atoms with Gasteiger partial charge in [0.1, 0.15) is 0 Å². The maximum atomic E-state index is 12.7. The molecule has 0 spiro atoms. The molecule has 0 aromatic heterocycles. The third kappa shape index (κ3) is 5.81. The van der Waals surface area contributed by atoms with E-state index in [1.807, 2.05) is 0 Å². The number of benzene rings is 1. The van der Waals surface area contributed by atoms with Gasteiger partial charge < -0.3 is 10.4 Å². The SMILES string of the molecule is O=C(O)CCCCCNC(=O)[C@@H]1CCCN(S(=O)(=O)c2ccccc2)C1. The van der Waals surface area contributed by atoms with Crippen molar-refractivity contribution in [1.29, 1.82) is 0 Å². The van der Waals surface area contributed by atoms with E-state index >= 15 is 0 Å². The minimum absolute atomic E-state index is 0.129. The van der Waals surface area contributed by atoms with Crippen LogP contribution in [0.25, 0.3) is 0 Å². The molecule has 1 fully saturated rings. The molecule has 1 aliphatic heterocycles. The highest BCUT2D eigenvalue weighted by atomic mass is 32.2. The van der Waals surface area contributed by atoms with Crippen molar-refractivity contribution in [2.45, 2.75) is 43.4 Å². The zero-order valence-corrected chi connectivity index (χ0v) is 15.6. The molecule has 1 aromatic carbocycles. The fourth-order valence-corrected chi connectivity index (χ4v) is 4.60. The van der Waals surface area contributed by atoms with Crippen LogP contribution in [0.1, 0.15) is 38.5 Å². The van der Waals surface area contributed by atoms with E-state index < -0.39 is 16.0 Å². The van der Waals surface area contributed by atoms with Crippen molar-refractivity contribution in [3.63, 3.8) is 0 Å². The molecule has 7 nitrogen and oxygen atoms in total. The van der Waals surface area contributed by atoms with Gasteiger partial charge in [-0.25, -0.2) is 8.42 Å². The molecule has 0 bridgehead atoms. The molecule has 144 valence electrons. The largest absolute Gasteiger partial charge is 0.481 e. The van der Waals surface area contributed by atoms with Crippen molar-refractivity contribution in [3.8, 4) is 0 Å². The monoisotopic (exact) mass is 382 g/mol. The van der Waals surface area contributed by atoms with Gasteiger partial charge in [0.2, 0.25) is 15.9 Å². The van der Waals surface area contributed by atoms with Crippen molar-refractivity contribution in [3.05, 3.63) is 30.3 Å². The van der Waals surface area contributed by atoms with E-state index in [2.05, 4.69) is 5.32 Å². The predicted octanol–water partition coefficient (Wildman–Crippen LogP) is 1.85. The van der Waals surface area contributed by atoms with Gasteiger partial charge >= 0.3 is 5.97 Å². The lowest BCUT2D eigenvalue weighted by molar-refractivity contribution is -0.137. The number of unbranched alkanes of at least 4 members (excludes halogenated alkanes) is 2. The summed E-state index contributed by atoms with van der Waals surface area (Å²) in [7, 11) is -3.57. The second-order valence-corrected chi connectivity index (χ2v) is 8.45. The highest BCUT2D eigenvalue weighted by Crippen LogP contribution is 2.23. The Morgan fingerprint density at radius 3 is 2.58 bits per heavy atom. The Kier molecular flexibility index (Phi) is 7.59. The molecule has 26 heavy (non-hydrogen) atoms. The van der Waals surface area contributed by atoms with E-state index in [1.54, 1.807) is 30.3 Å². The molecular formula is C18H26N2O5S. The van der Waals surface area contributed by atoms with Gasteiger partial charge in [-0.05, 0) is 37.8 Å². The van der Waals surface area contributed by atoms with Crippen molar-refractivity contribution < 1.29 is 23.1 Å². The number of hydrogen-bond acceptors (Lipinski definition) is 4. The number of piperidine rings is 1. The topological polar surface area (TPSA) is 104 Å². The number of nitrogens with zero attached hydrogens (tertiary/aromatic N) is 1. The van der Waals surface area contributed by atoms with Gasteiger partial charge in [-0.2, -0.15) is 4.31 Å². The molecule has 0 radical (unpaired) electrons. The van der Waals surface area contributed by atoms with Crippen molar-refractivity contribution in [2.24, 2.45) is 5.92 Å². The number of sulfonamides is 1. The number of aliphatic carboxylic acids is 1. The first-order valence-electron chi connectivity index (χ1n) is 8.96. The standard InChI is InChI=1S/C18H26N2O5S/c21-17(22)11-5-2-6-12-19-18(23)15-8-7-13-20(14-15)26(24,25)16-9-3-1-4-10-16/h1,3-4,9-10,15H,2,5-8,11-14H2,(H,19,23)(H,21,22)/t15-/m1/s1. The summed E-state index contributed by atoms with van der Waals surface area (Å²) in [6, 6.07) is 8.27. The summed E-state index contributed by atoms with van der Waals surface area (Å²) in [6.07, 6.45) is 3.53. The van der Waals surface area contributed by atoms with Crippen LogP contribution in [0, 0.1) is 5.92 Å². The Balaban J connectivity index is 1.82. The number of carbonyl (C=O) groups excluding carboxylic acids is 1. The van der Waals surface area contributed by atoms with Crippen molar-refractivity contribution in [1.82, 2.24) is 9.62 Å². The van der Waals surface area contributed by atoms with E-state index in [0.717, 1.165) is 12.8 Å². The highest BCUT2D eigenvalue weighted by Gasteiger charge is 2.33. The summed E-state index contributed by atoms with van der Waals surface area (Å²) < 4.78 is 26.8. The lowest BCUT2D eigenvalue weighted by atomic mass is 9.99. The second-order valence-electron chi connectivity index (χ2n) is 6.51. The second kappa shape index (κ2) is 9.68. The van der Waals surface area contributed by atoms with Crippen LogP contribution in [0.4, 0.5) is 0 Å². The number of carboxylic acids is 1. The normalized spacial score (nSPS) is 18.4. The maximum absolute atomic E-state index is 12.7. The van der Waals surface area contributed by atoms with Gasteiger partial charge in [-0.1, -0.05) is 24.6 Å². The van der Waals surface area contributed by atoms with E-state index in [-0.39, 0.29) is 29.7 Å². The van der Waals surface area contributed by atoms with E-state index in [9.17, 15) is 18.0 Å². The first kappa shape index (κ1) is 20.4. The maximum Gasteiger partial charge on any atom is 0.303 e. The van der Waals surface area contributed by atoms with Crippen LogP contribution in [0.3, 0.4) is 0 Å². The number of rotatable bonds is 9. The fourth-order valence-electron chi connectivity index (χ4n) is 3.05. The lowest BCUT2D eigenvalue weighted by Gasteiger charge is -2.31. The number of amides is 1. The molecular weight excluding hydrogens is 356 g/mol. The quantitative estimate of drug-likeness (QED) is 0.634. The van der Waals surface area contributed by atoms with Gasteiger partial charge in [0.25, 0.3) is 0 Å². The molecule has 8 heteroatoms. The van der Waals surface area contributed by atoms with Crippen molar-refractivity contribution >= 4 is 21.9 Å². The minimum atomic E-state index is -3.57. The molecule has 0 saturated carbocycles. The first-order valence-corrected chi connectivity index (χ1v) is 10.4. The van der Waals surface area contributed by atoms with Gasteiger partial charge in [0.05, 0.1) is 10.8 Å². The Morgan fingerprint density at radius 1 is 1.15 bits per heavy atom. The average molecular weight is 382 g/mol. The first-order chi connectivity index (χ1) is 12.4. The lowest BCUT2D eigenvalue weighted by Crippen LogP contribution is -2.45. The fraction of sp³-hybridized carbons (Fsp3) is 0.556.